The van der Waals surface area contributed by atoms with Crippen LogP contribution in [0.5, 0.6) is 5.75 Å². The second kappa shape index (κ2) is 6.35. The van der Waals surface area contributed by atoms with E-state index in [1.54, 1.807) is 6.07 Å². The summed E-state index contributed by atoms with van der Waals surface area (Å²) in [5, 5.41) is 13.1. The molecule has 1 aromatic carbocycles. The lowest BCUT2D eigenvalue weighted by Crippen LogP contribution is -2.18. The number of halogens is 1. The fraction of sp³-hybridized carbons (Fsp3) is 0.312. The number of benzene rings is 1. The average Bonchev–Trinajstić information content (AvgIpc) is 3.03. The number of nitrogens with one attached hydrogen (secondary N) is 1. The zero-order valence-electron chi connectivity index (χ0n) is 11.7. The van der Waals surface area contributed by atoms with Crippen LogP contribution < -0.4 is 10.2 Å². The molecule has 0 saturated carbocycles. The van der Waals surface area contributed by atoms with Crippen LogP contribution in [0.3, 0.4) is 0 Å². The minimum atomic E-state index is 0.298. The molecule has 5 heteroatoms. The highest BCUT2D eigenvalue weighted by Crippen LogP contribution is 2.23. The third kappa shape index (κ3) is 3.47. The standard InChI is InChI=1S/C16H18BrN3O/c17-13-3-5-15(21)12(9-13)10-18-14-4-6-16(19-11-14)20-7-1-2-8-20/h3-6,9,11,18,21H,1-2,7-8,10H2. The molecule has 110 valence electrons. The Labute approximate surface area is 132 Å². The van der Waals surface area contributed by atoms with Gasteiger partial charge in [0.15, 0.2) is 0 Å². The lowest BCUT2D eigenvalue weighted by molar-refractivity contribution is 0.469. The first-order chi connectivity index (χ1) is 10.2. The smallest absolute Gasteiger partial charge is 0.128 e. The van der Waals surface area contributed by atoms with E-state index in [0.717, 1.165) is 34.6 Å². The molecule has 1 aliphatic heterocycles. The van der Waals surface area contributed by atoms with Gasteiger partial charge in [-0.2, -0.15) is 0 Å². The molecule has 2 N–H and O–H groups in total. The highest BCUT2D eigenvalue weighted by atomic mass is 79.9. The molecule has 0 aliphatic carbocycles. The van der Waals surface area contributed by atoms with E-state index in [1.165, 1.54) is 12.8 Å². The van der Waals surface area contributed by atoms with Crippen molar-refractivity contribution in [3.63, 3.8) is 0 Å². The third-order valence-electron chi connectivity index (χ3n) is 3.70. The van der Waals surface area contributed by atoms with E-state index in [9.17, 15) is 5.11 Å². The quantitative estimate of drug-likeness (QED) is 0.883. The summed E-state index contributed by atoms with van der Waals surface area (Å²) >= 11 is 3.41. The molecule has 1 saturated heterocycles. The molecular weight excluding hydrogens is 330 g/mol. The number of nitrogens with zero attached hydrogens (tertiary/aromatic N) is 2. The maximum absolute atomic E-state index is 9.82. The Morgan fingerprint density at radius 2 is 2.00 bits per heavy atom. The lowest BCUT2D eigenvalue weighted by atomic mass is 10.2. The van der Waals surface area contributed by atoms with Gasteiger partial charge < -0.3 is 15.3 Å². The van der Waals surface area contributed by atoms with Gasteiger partial charge in [0.25, 0.3) is 0 Å². The molecule has 1 fully saturated rings. The Balaban J connectivity index is 1.64. The molecule has 21 heavy (non-hydrogen) atoms. The number of rotatable bonds is 4. The zero-order valence-corrected chi connectivity index (χ0v) is 13.3. The van der Waals surface area contributed by atoms with Gasteiger partial charge in [0, 0.05) is 29.7 Å². The Kier molecular flexibility index (Phi) is 4.29. The normalized spacial score (nSPS) is 14.4. The van der Waals surface area contributed by atoms with Crippen molar-refractivity contribution < 1.29 is 5.11 Å². The predicted octanol–water partition coefficient (Wildman–Crippen LogP) is 3.76. The average molecular weight is 348 g/mol. The van der Waals surface area contributed by atoms with E-state index >= 15 is 0 Å². The number of anilines is 2. The monoisotopic (exact) mass is 347 g/mol. The molecular formula is C16H18BrN3O. The molecule has 3 rings (SSSR count). The predicted molar refractivity (Wildman–Crippen MR) is 88.8 cm³/mol. The van der Waals surface area contributed by atoms with Crippen LogP contribution in [0.1, 0.15) is 18.4 Å². The second-order valence-corrected chi connectivity index (χ2v) is 6.14. The van der Waals surface area contributed by atoms with E-state index in [-0.39, 0.29) is 0 Å². The van der Waals surface area contributed by atoms with Crippen molar-refractivity contribution in [3.05, 3.63) is 46.6 Å². The van der Waals surface area contributed by atoms with Gasteiger partial charge in [-0.15, -0.1) is 0 Å². The number of hydrogen-bond acceptors (Lipinski definition) is 4. The van der Waals surface area contributed by atoms with Crippen LogP contribution >= 0.6 is 15.9 Å². The topological polar surface area (TPSA) is 48.4 Å². The van der Waals surface area contributed by atoms with Crippen molar-refractivity contribution in [2.45, 2.75) is 19.4 Å². The van der Waals surface area contributed by atoms with Crippen LogP contribution in [-0.2, 0) is 6.54 Å². The van der Waals surface area contributed by atoms with Crippen LogP contribution in [0.15, 0.2) is 41.0 Å². The van der Waals surface area contributed by atoms with Gasteiger partial charge in [-0.05, 0) is 43.2 Å². The minimum absolute atomic E-state index is 0.298. The fourth-order valence-corrected chi connectivity index (χ4v) is 2.93. The van der Waals surface area contributed by atoms with Crippen LogP contribution in [0, 0.1) is 0 Å². The highest BCUT2D eigenvalue weighted by molar-refractivity contribution is 9.10. The zero-order chi connectivity index (χ0) is 14.7. The number of aromatic nitrogens is 1. The summed E-state index contributed by atoms with van der Waals surface area (Å²) in [5.41, 5.74) is 1.81. The number of aromatic hydroxyl groups is 1. The van der Waals surface area contributed by atoms with Gasteiger partial charge in [-0.25, -0.2) is 4.98 Å². The molecule has 1 aliphatic rings. The molecule has 0 amide bonds. The maximum Gasteiger partial charge on any atom is 0.128 e. The summed E-state index contributed by atoms with van der Waals surface area (Å²) in [6.45, 7) is 2.77. The first kappa shape index (κ1) is 14.2. The van der Waals surface area contributed by atoms with Gasteiger partial charge >= 0.3 is 0 Å². The first-order valence-electron chi connectivity index (χ1n) is 7.14. The second-order valence-electron chi connectivity index (χ2n) is 5.23. The molecule has 0 unspecified atom stereocenters. The van der Waals surface area contributed by atoms with Gasteiger partial charge in [0.1, 0.15) is 11.6 Å². The van der Waals surface area contributed by atoms with Crippen LogP contribution in [0.25, 0.3) is 0 Å². The largest absolute Gasteiger partial charge is 0.508 e. The van der Waals surface area contributed by atoms with Crippen molar-refractivity contribution in [1.82, 2.24) is 4.98 Å². The number of phenolic OH excluding ortho intramolecular Hbond substituents is 1. The molecule has 0 atom stereocenters. The Morgan fingerprint density at radius 3 is 2.71 bits per heavy atom. The summed E-state index contributed by atoms with van der Waals surface area (Å²) in [6.07, 6.45) is 4.36. The molecule has 0 bridgehead atoms. The Hall–Kier alpha value is -1.75. The fourth-order valence-electron chi connectivity index (χ4n) is 2.52. The molecule has 2 aromatic rings. The van der Waals surface area contributed by atoms with E-state index in [1.807, 2.05) is 24.4 Å². The Morgan fingerprint density at radius 1 is 1.19 bits per heavy atom. The number of hydrogen-bond donors (Lipinski definition) is 2. The molecule has 0 radical (unpaired) electrons. The van der Waals surface area contributed by atoms with Crippen LogP contribution in [-0.4, -0.2) is 23.2 Å². The van der Waals surface area contributed by atoms with Crippen LogP contribution in [0.4, 0.5) is 11.5 Å². The number of pyridine rings is 1. The summed E-state index contributed by atoms with van der Waals surface area (Å²) in [5.74, 6) is 1.34. The van der Waals surface area contributed by atoms with E-state index in [4.69, 9.17) is 0 Å². The summed E-state index contributed by atoms with van der Waals surface area (Å²) < 4.78 is 0.958. The van der Waals surface area contributed by atoms with E-state index in [0.29, 0.717) is 12.3 Å². The van der Waals surface area contributed by atoms with E-state index < -0.39 is 0 Å². The lowest BCUT2D eigenvalue weighted by Gasteiger charge is -2.16. The maximum atomic E-state index is 9.82. The highest BCUT2D eigenvalue weighted by Gasteiger charge is 2.12. The molecule has 2 heterocycles. The minimum Gasteiger partial charge on any atom is -0.508 e. The van der Waals surface area contributed by atoms with Crippen molar-refractivity contribution >= 4 is 27.4 Å². The van der Waals surface area contributed by atoms with Crippen molar-refractivity contribution in [1.29, 1.82) is 0 Å². The van der Waals surface area contributed by atoms with Crippen molar-refractivity contribution in [3.8, 4) is 5.75 Å². The Bertz CT molecular complexity index is 609. The van der Waals surface area contributed by atoms with Gasteiger partial charge in [-0.1, -0.05) is 15.9 Å². The molecule has 0 spiro atoms. The summed E-state index contributed by atoms with van der Waals surface area (Å²) in [7, 11) is 0. The summed E-state index contributed by atoms with van der Waals surface area (Å²) in [6, 6.07) is 9.51. The van der Waals surface area contributed by atoms with E-state index in [2.05, 4.69) is 37.2 Å². The molecule has 1 aromatic heterocycles. The van der Waals surface area contributed by atoms with Gasteiger partial charge in [-0.3, -0.25) is 0 Å². The van der Waals surface area contributed by atoms with Crippen LogP contribution in [0.2, 0.25) is 0 Å². The number of phenols is 1. The first-order valence-corrected chi connectivity index (χ1v) is 7.94. The summed E-state index contributed by atoms with van der Waals surface area (Å²) in [4.78, 5) is 6.81. The molecule has 4 nitrogen and oxygen atoms in total. The van der Waals surface area contributed by atoms with Gasteiger partial charge in [0.05, 0.1) is 11.9 Å². The SMILES string of the molecule is Oc1ccc(Br)cc1CNc1ccc(N2CCCC2)nc1. The van der Waals surface area contributed by atoms with Crippen molar-refractivity contribution in [2.24, 2.45) is 0 Å². The van der Waals surface area contributed by atoms with Crippen molar-refractivity contribution in [2.75, 3.05) is 23.3 Å². The third-order valence-corrected chi connectivity index (χ3v) is 4.20. The van der Waals surface area contributed by atoms with Gasteiger partial charge in [0.2, 0.25) is 0 Å².